The van der Waals surface area contributed by atoms with Crippen LogP contribution in [0.15, 0.2) is 64.3 Å². The molecule has 3 aromatic rings. The highest BCUT2D eigenvalue weighted by Crippen LogP contribution is 2.36. The summed E-state index contributed by atoms with van der Waals surface area (Å²) in [5.74, 6) is 0.726. The molecule has 0 aliphatic heterocycles. The minimum Gasteiger partial charge on any atom is -0.497 e. The van der Waals surface area contributed by atoms with Gasteiger partial charge in [-0.15, -0.1) is 10.2 Å². The Labute approximate surface area is 191 Å². The third kappa shape index (κ3) is 5.37. The van der Waals surface area contributed by atoms with Gasteiger partial charge in [0.1, 0.15) is 23.5 Å². The van der Waals surface area contributed by atoms with Gasteiger partial charge in [0.05, 0.1) is 23.4 Å². The number of benzene rings is 2. The minimum absolute atomic E-state index is 0.00103. The average molecular weight is 443 g/mol. The maximum atomic E-state index is 9.15. The van der Waals surface area contributed by atoms with Gasteiger partial charge in [-0.25, -0.2) is 4.98 Å². The summed E-state index contributed by atoms with van der Waals surface area (Å²) in [6.45, 7) is 6.12. The molecule has 160 valence electrons. The topological polar surface area (TPSA) is 97.7 Å². The van der Waals surface area contributed by atoms with E-state index in [1.165, 1.54) is 17.4 Å². The van der Waals surface area contributed by atoms with Crippen LogP contribution in [0.4, 0.5) is 16.5 Å². The van der Waals surface area contributed by atoms with Crippen LogP contribution in [0.25, 0.3) is 17.3 Å². The van der Waals surface area contributed by atoms with Gasteiger partial charge in [0.2, 0.25) is 5.13 Å². The molecule has 0 bridgehead atoms. The summed E-state index contributed by atoms with van der Waals surface area (Å²) >= 11 is 1.27. The molecule has 0 atom stereocenters. The number of anilines is 1. The molecule has 0 saturated carbocycles. The first-order valence-corrected chi connectivity index (χ1v) is 10.9. The van der Waals surface area contributed by atoms with E-state index >= 15 is 0 Å². The van der Waals surface area contributed by atoms with Crippen molar-refractivity contribution in [3.05, 3.63) is 59.0 Å². The summed E-state index contributed by atoms with van der Waals surface area (Å²) in [5.41, 5.74) is 3.31. The van der Waals surface area contributed by atoms with Crippen molar-refractivity contribution >= 4 is 33.9 Å². The van der Waals surface area contributed by atoms with Crippen molar-refractivity contribution in [3.63, 3.8) is 0 Å². The number of nitriles is 2. The van der Waals surface area contributed by atoms with Gasteiger partial charge >= 0.3 is 0 Å². The highest BCUT2D eigenvalue weighted by Gasteiger charge is 2.13. The number of nitrogens with zero attached hydrogens (tertiary/aromatic N) is 6. The predicted molar refractivity (Wildman–Crippen MR) is 127 cm³/mol. The molecule has 0 spiro atoms. The number of aromatic nitrogens is 1. The van der Waals surface area contributed by atoms with Crippen molar-refractivity contribution in [1.82, 2.24) is 4.98 Å². The highest BCUT2D eigenvalue weighted by molar-refractivity contribution is 7.16. The lowest BCUT2D eigenvalue weighted by Crippen LogP contribution is -2.21. The monoisotopic (exact) mass is 442 g/mol. The summed E-state index contributed by atoms with van der Waals surface area (Å²) in [5, 5.41) is 27.3. The number of hydrogen-bond donors (Lipinski definition) is 0. The molecule has 2 aromatic carbocycles. The molecule has 32 heavy (non-hydrogen) atoms. The lowest BCUT2D eigenvalue weighted by Gasteiger charge is -2.20. The number of ether oxygens (including phenoxy) is 1. The molecule has 7 nitrogen and oxygen atoms in total. The Hall–Kier alpha value is -4.01. The molecule has 0 saturated heterocycles. The Kier molecular flexibility index (Phi) is 7.69. The third-order valence-corrected chi connectivity index (χ3v) is 5.64. The Morgan fingerprint density at radius 1 is 1.03 bits per heavy atom. The van der Waals surface area contributed by atoms with Crippen molar-refractivity contribution in [3.8, 4) is 29.1 Å². The SMILES string of the molecule is CCN(CC)c1ccc(N=Nc2nc(-c3ccc(OC)cc3)c(C=C(C#N)C#N)s2)cc1. The van der Waals surface area contributed by atoms with Crippen LogP contribution in [0, 0.1) is 22.7 Å². The van der Waals surface area contributed by atoms with Crippen LogP contribution >= 0.6 is 11.3 Å². The zero-order valence-corrected chi connectivity index (χ0v) is 18.9. The number of methoxy groups -OCH3 is 1. The van der Waals surface area contributed by atoms with Crippen LogP contribution in [0.3, 0.4) is 0 Å². The van der Waals surface area contributed by atoms with Gasteiger partial charge in [-0.1, -0.05) is 11.3 Å². The van der Waals surface area contributed by atoms with Gasteiger partial charge in [-0.05, 0) is 68.5 Å². The Balaban J connectivity index is 1.93. The molecule has 0 fully saturated rings. The van der Waals surface area contributed by atoms with E-state index in [-0.39, 0.29) is 5.57 Å². The summed E-state index contributed by atoms with van der Waals surface area (Å²) in [6.07, 6.45) is 1.52. The molecule has 0 unspecified atom stereocenters. The summed E-state index contributed by atoms with van der Waals surface area (Å²) < 4.78 is 5.21. The number of thiazole rings is 1. The number of allylic oxidation sites excluding steroid dienone is 1. The van der Waals surface area contributed by atoms with E-state index in [0.29, 0.717) is 21.4 Å². The first kappa shape index (κ1) is 22.7. The van der Waals surface area contributed by atoms with E-state index in [1.54, 1.807) is 7.11 Å². The Bertz CT molecular complexity index is 1180. The molecule has 0 aliphatic carbocycles. The fraction of sp³-hybridized carbons (Fsp3) is 0.208. The molecule has 0 amide bonds. The van der Waals surface area contributed by atoms with Crippen LogP contribution in [-0.4, -0.2) is 25.2 Å². The van der Waals surface area contributed by atoms with Crippen molar-refractivity contribution < 1.29 is 4.74 Å². The molecule has 3 rings (SSSR count). The summed E-state index contributed by atoms with van der Waals surface area (Å²) in [7, 11) is 1.60. The Morgan fingerprint density at radius 2 is 1.69 bits per heavy atom. The van der Waals surface area contributed by atoms with E-state index in [1.807, 2.05) is 60.7 Å². The van der Waals surface area contributed by atoms with E-state index in [4.69, 9.17) is 15.3 Å². The van der Waals surface area contributed by atoms with Crippen molar-refractivity contribution in [2.24, 2.45) is 10.2 Å². The number of rotatable bonds is 8. The maximum Gasteiger partial charge on any atom is 0.231 e. The molecule has 0 radical (unpaired) electrons. The Morgan fingerprint density at radius 3 is 2.25 bits per heavy atom. The lowest BCUT2D eigenvalue weighted by molar-refractivity contribution is 0.415. The van der Waals surface area contributed by atoms with Gasteiger partial charge in [-0.2, -0.15) is 10.5 Å². The standard InChI is InChI=1S/C24H22N6OS/c1-4-30(5-2)20-10-8-19(9-11-20)28-29-24-27-23(18-6-12-21(31-3)13-7-18)22(32-24)14-17(15-25)16-26/h6-14H,4-5H2,1-3H3. The van der Waals surface area contributed by atoms with E-state index in [9.17, 15) is 0 Å². The second-order valence-corrected chi connectivity index (χ2v) is 7.62. The van der Waals surface area contributed by atoms with E-state index < -0.39 is 0 Å². The van der Waals surface area contributed by atoms with Gasteiger partial charge in [0.25, 0.3) is 0 Å². The van der Waals surface area contributed by atoms with Gasteiger partial charge < -0.3 is 9.64 Å². The molecule has 0 N–H and O–H groups in total. The van der Waals surface area contributed by atoms with E-state index in [2.05, 4.69) is 34.0 Å². The summed E-state index contributed by atoms with van der Waals surface area (Å²) in [6, 6.07) is 19.1. The van der Waals surface area contributed by atoms with Gasteiger partial charge in [-0.3, -0.25) is 0 Å². The number of azo groups is 1. The average Bonchev–Trinajstić information content (AvgIpc) is 3.25. The van der Waals surface area contributed by atoms with Crippen molar-refractivity contribution in [1.29, 1.82) is 10.5 Å². The number of hydrogen-bond acceptors (Lipinski definition) is 8. The van der Waals surface area contributed by atoms with Crippen LogP contribution < -0.4 is 9.64 Å². The predicted octanol–water partition coefficient (Wildman–Crippen LogP) is 6.51. The lowest BCUT2D eigenvalue weighted by atomic mass is 10.1. The maximum absolute atomic E-state index is 9.15. The zero-order chi connectivity index (χ0) is 22.9. The third-order valence-electron chi connectivity index (χ3n) is 4.75. The molecular formula is C24H22N6OS. The smallest absolute Gasteiger partial charge is 0.231 e. The van der Waals surface area contributed by atoms with Crippen LogP contribution in [0.2, 0.25) is 0 Å². The van der Waals surface area contributed by atoms with Gasteiger partial charge in [0, 0.05) is 24.3 Å². The van der Waals surface area contributed by atoms with Crippen molar-refractivity contribution in [2.75, 3.05) is 25.1 Å². The van der Waals surface area contributed by atoms with Crippen LogP contribution in [0.5, 0.6) is 5.75 Å². The largest absolute Gasteiger partial charge is 0.497 e. The molecule has 8 heteroatoms. The molecule has 1 aromatic heterocycles. The van der Waals surface area contributed by atoms with E-state index in [0.717, 1.165) is 30.1 Å². The fourth-order valence-corrected chi connectivity index (χ4v) is 3.91. The summed E-state index contributed by atoms with van der Waals surface area (Å²) in [4.78, 5) is 7.51. The molecule has 1 heterocycles. The highest BCUT2D eigenvalue weighted by atomic mass is 32.1. The van der Waals surface area contributed by atoms with Crippen molar-refractivity contribution in [2.45, 2.75) is 13.8 Å². The zero-order valence-electron chi connectivity index (χ0n) is 18.1. The molecule has 0 aliphatic rings. The van der Waals surface area contributed by atoms with Crippen LogP contribution in [-0.2, 0) is 0 Å². The second kappa shape index (κ2) is 10.9. The normalized spacial score (nSPS) is 10.4. The van der Waals surface area contributed by atoms with Gasteiger partial charge in [0.15, 0.2) is 0 Å². The minimum atomic E-state index is -0.00103. The quantitative estimate of drug-likeness (QED) is 0.292. The first-order valence-electron chi connectivity index (χ1n) is 10.1. The second-order valence-electron chi connectivity index (χ2n) is 6.61. The molecular weight excluding hydrogens is 420 g/mol. The first-order chi connectivity index (χ1) is 15.6. The van der Waals surface area contributed by atoms with Crippen LogP contribution in [0.1, 0.15) is 18.7 Å². The fourth-order valence-electron chi connectivity index (χ4n) is 3.06.